The smallest absolute Gasteiger partial charge is 0.215 e. The fraction of sp³-hybridized carbons (Fsp3) is 0. The molecule has 0 aromatic heterocycles. The van der Waals surface area contributed by atoms with Gasteiger partial charge in [-0.2, -0.15) is 9.90 Å². The van der Waals surface area contributed by atoms with Gasteiger partial charge >= 0.3 is 0 Å². The van der Waals surface area contributed by atoms with E-state index in [4.69, 9.17) is 17.5 Å². The molecule has 0 aliphatic rings. The maximum Gasteiger partial charge on any atom is 0.215 e. The predicted octanol–water partition coefficient (Wildman–Crippen LogP) is -0.940. The van der Waals surface area contributed by atoms with Gasteiger partial charge in [-0.15, -0.1) is 0 Å². The summed E-state index contributed by atoms with van der Waals surface area (Å²) in [5, 5.41) is 0. The summed E-state index contributed by atoms with van der Waals surface area (Å²) in [7, 11) is -4.92. The van der Waals surface area contributed by atoms with Gasteiger partial charge in [-0.3, -0.25) is 4.55 Å². The molecule has 0 aromatic carbocycles. The number of hydrogen-bond acceptors (Lipinski definition) is 3. The Bertz CT molecular complexity index is 94.9. The van der Waals surface area contributed by atoms with E-state index in [0.717, 1.165) is 0 Å². The summed E-state index contributed by atoms with van der Waals surface area (Å²) in [5.41, 5.74) is 0. The average molecular weight is 196 g/mol. The van der Waals surface area contributed by atoms with Gasteiger partial charge in [-0.1, -0.05) is 0 Å². The van der Waals surface area contributed by atoms with E-state index < -0.39 is 10.4 Å². The molecule has 0 fully saturated rings. The van der Waals surface area contributed by atoms with Crippen molar-refractivity contribution in [2.75, 3.05) is 0 Å². The SMILES string of the molecule is O=S(=O)([O-])O.P.[Zn]. The number of hydrogen-bond donors (Lipinski definition) is 1. The molecule has 0 aromatic rings. The van der Waals surface area contributed by atoms with Crippen LogP contribution in [-0.2, 0) is 29.9 Å². The minimum absolute atomic E-state index is 0. The molecule has 1 unspecified atom stereocenters. The summed E-state index contributed by atoms with van der Waals surface area (Å²) in [6, 6.07) is 0. The van der Waals surface area contributed by atoms with Gasteiger partial charge in [0.05, 0.1) is 0 Å². The minimum atomic E-state index is -4.92. The van der Waals surface area contributed by atoms with Crippen molar-refractivity contribution >= 4 is 20.3 Å². The summed E-state index contributed by atoms with van der Waals surface area (Å²) in [6.45, 7) is 0. The van der Waals surface area contributed by atoms with Gasteiger partial charge in [0.25, 0.3) is 0 Å². The second-order valence-corrected chi connectivity index (χ2v) is 1.28. The van der Waals surface area contributed by atoms with E-state index in [0.29, 0.717) is 0 Å². The van der Waals surface area contributed by atoms with Crippen LogP contribution in [0.15, 0.2) is 0 Å². The van der Waals surface area contributed by atoms with Gasteiger partial charge in [-0.25, -0.2) is 8.42 Å². The molecule has 7 heavy (non-hydrogen) atoms. The zero-order chi connectivity index (χ0) is 4.50. The van der Waals surface area contributed by atoms with Crippen molar-refractivity contribution in [2.45, 2.75) is 0 Å². The fourth-order valence-electron chi connectivity index (χ4n) is 0. The van der Waals surface area contributed by atoms with Crippen molar-refractivity contribution in [3.05, 3.63) is 0 Å². The first-order valence-corrected chi connectivity index (χ1v) is 2.05. The zero-order valence-electron chi connectivity index (χ0n) is 3.49. The van der Waals surface area contributed by atoms with E-state index in [1.807, 2.05) is 0 Å². The molecule has 4 nitrogen and oxygen atoms in total. The van der Waals surface area contributed by atoms with Crippen molar-refractivity contribution in [1.82, 2.24) is 0 Å². The molecule has 0 rings (SSSR count). The van der Waals surface area contributed by atoms with Crippen LogP contribution in [0.2, 0.25) is 0 Å². The first-order chi connectivity index (χ1) is 2.00. The Kier molecular flexibility index (Phi) is 11.3. The van der Waals surface area contributed by atoms with E-state index in [1.165, 1.54) is 0 Å². The summed E-state index contributed by atoms with van der Waals surface area (Å²) >= 11 is 0. The monoisotopic (exact) mass is 195 g/mol. The molecule has 0 radical (unpaired) electrons. The van der Waals surface area contributed by atoms with Gasteiger partial charge < -0.3 is 4.55 Å². The third-order valence-corrected chi connectivity index (χ3v) is 0. The Morgan fingerprint density at radius 3 is 1.43 bits per heavy atom. The van der Waals surface area contributed by atoms with Crippen molar-refractivity contribution in [1.29, 1.82) is 0 Å². The Hall–Kier alpha value is 0.923. The van der Waals surface area contributed by atoms with Crippen molar-refractivity contribution in [3.8, 4) is 0 Å². The van der Waals surface area contributed by atoms with Crippen molar-refractivity contribution in [3.63, 3.8) is 0 Å². The maximum atomic E-state index is 8.63. The topological polar surface area (TPSA) is 77.4 Å². The Morgan fingerprint density at radius 1 is 1.43 bits per heavy atom. The van der Waals surface area contributed by atoms with Crippen LogP contribution in [0.1, 0.15) is 0 Å². The molecule has 0 heterocycles. The first-order valence-electron chi connectivity index (χ1n) is 0.683. The van der Waals surface area contributed by atoms with Crippen LogP contribution in [0.4, 0.5) is 0 Å². The van der Waals surface area contributed by atoms with E-state index in [-0.39, 0.29) is 29.4 Å². The van der Waals surface area contributed by atoms with Gasteiger partial charge in [0.1, 0.15) is 0 Å². The largest absolute Gasteiger partial charge is 0.726 e. The van der Waals surface area contributed by atoms with Gasteiger partial charge in [0.15, 0.2) is 0 Å². The van der Waals surface area contributed by atoms with Crippen LogP contribution >= 0.6 is 9.90 Å². The van der Waals surface area contributed by atoms with Crippen LogP contribution in [0.25, 0.3) is 0 Å². The summed E-state index contributed by atoms with van der Waals surface area (Å²) in [4.78, 5) is 0. The molecule has 1 N–H and O–H groups in total. The van der Waals surface area contributed by atoms with Crippen LogP contribution in [0.5, 0.6) is 0 Å². The third-order valence-electron chi connectivity index (χ3n) is 0. The Morgan fingerprint density at radius 2 is 1.43 bits per heavy atom. The molecule has 0 bridgehead atoms. The number of rotatable bonds is 0. The van der Waals surface area contributed by atoms with Crippen molar-refractivity contribution < 1.29 is 37.0 Å². The van der Waals surface area contributed by atoms with Gasteiger partial charge in [0.2, 0.25) is 10.4 Å². The Labute approximate surface area is 57.6 Å². The van der Waals surface area contributed by atoms with Crippen LogP contribution < -0.4 is 0 Å². The molecular formula is H4O4PSZn-. The van der Waals surface area contributed by atoms with E-state index in [2.05, 4.69) is 0 Å². The second-order valence-electron chi connectivity index (χ2n) is 0.428. The Balaban J connectivity index is -0.0000000800. The molecule has 7 heteroatoms. The molecule has 1 atom stereocenters. The van der Waals surface area contributed by atoms with Gasteiger partial charge in [-0.05, 0) is 0 Å². The predicted molar refractivity (Wildman–Crippen MR) is 23.4 cm³/mol. The van der Waals surface area contributed by atoms with Gasteiger partial charge in [0, 0.05) is 19.5 Å². The molecular weight excluding hydrogens is 192 g/mol. The van der Waals surface area contributed by atoms with E-state index in [9.17, 15) is 0 Å². The molecule has 0 amide bonds. The molecule has 42 valence electrons. The molecule has 0 saturated heterocycles. The molecule has 0 aliphatic carbocycles. The second kappa shape index (κ2) is 5.07. The standard InChI is InChI=1S/H2O4S.H3P.Zn/c1-5(2,3)4;;/h(H2,1,2,3,4);1H3;/p-1. The zero-order valence-corrected chi connectivity index (χ0v) is 8.69. The van der Waals surface area contributed by atoms with Crippen LogP contribution in [0.3, 0.4) is 0 Å². The van der Waals surface area contributed by atoms with Crippen LogP contribution in [0, 0.1) is 0 Å². The molecule has 0 aliphatic heterocycles. The third kappa shape index (κ3) is 197. The van der Waals surface area contributed by atoms with E-state index >= 15 is 0 Å². The maximum absolute atomic E-state index is 8.63. The molecule has 0 spiro atoms. The first kappa shape index (κ1) is 15.7. The summed E-state index contributed by atoms with van der Waals surface area (Å²) in [5.74, 6) is 0. The quantitative estimate of drug-likeness (QED) is 0.235. The molecule has 0 saturated carbocycles. The van der Waals surface area contributed by atoms with E-state index in [1.54, 1.807) is 0 Å². The summed E-state index contributed by atoms with van der Waals surface area (Å²) in [6.07, 6.45) is 0. The van der Waals surface area contributed by atoms with Crippen LogP contribution in [-0.4, -0.2) is 17.5 Å². The fourth-order valence-corrected chi connectivity index (χ4v) is 0. The summed E-state index contributed by atoms with van der Waals surface area (Å²) < 4.78 is 32.8. The minimum Gasteiger partial charge on any atom is -0.726 e. The average Bonchev–Trinajstić information content (AvgIpc) is 0.722. The normalized spacial score (nSPS) is 8.29. The van der Waals surface area contributed by atoms with Crippen molar-refractivity contribution in [2.24, 2.45) is 0 Å².